The summed E-state index contributed by atoms with van der Waals surface area (Å²) in [6.45, 7) is 2.02. The minimum atomic E-state index is -0.141. The lowest BCUT2D eigenvalue weighted by Crippen LogP contribution is -2.07. The van der Waals surface area contributed by atoms with E-state index in [1.807, 2.05) is 73.8 Å². The van der Waals surface area contributed by atoms with Gasteiger partial charge in [0, 0.05) is 16.8 Å². The second-order valence-corrected chi connectivity index (χ2v) is 6.59. The van der Waals surface area contributed by atoms with E-state index in [1.165, 1.54) is 0 Å². The molecule has 4 rings (SSSR count). The summed E-state index contributed by atoms with van der Waals surface area (Å²) in [7, 11) is 0. The van der Waals surface area contributed by atoms with Crippen LogP contribution in [0.25, 0.3) is 11.4 Å². The van der Waals surface area contributed by atoms with Crippen molar-refractivity contribution < 1.29 is 0 Å². The summed E-state index contributed by atoms with van der Waals surface area (Å²) < 4.78 is 0. The van der Waals surface area contributed by atoms with Crippen LogP contribution in [0.1, 0.15) is 28.6 Å². The summed E-state index contributed by atoms with van der Waals surface area (Å²) in [5.41, 5.74) is 4.06. The lowest BCUT2D eigenvalue weighted by molar-refractivity contribution is 0.829. The van der Waals surface area contributed by atoms with Crippen LogP contribution in [-0.2, 0) is 0 Å². The van der Waals surface area contributed by atoms with Crippen LogP contribution >= 0.6 is 11.6 Å². The highest BCUT2D eigenvalue weighted by molar-refractivity contribution is 6.30. The molecule has 0 saturated carbocycles. The van der Waals surface area contributed by atoms with Crippen molar-refractivity contribution in [2.24, 2.45) is 0 Å². The number of nitrogens with zero attached hydrogens (tertiary/aromatic N) is 3. The van der Waals surface area contributed by atoms with E-state index < -0.39 is 0 Å². The number of rotatable bonds is 4. The van der Waals surface area contributed by atoms with E-state index in [0.29, 0.717) is 10.8 Å². The molecule has 1 atom stereocenters. The normalized spacial score (nSPS) is 12.1. The maximum atomic E-state index is 6.06. The van der Waals surface area contributed by atoms with Crippen molar-refractivity contribution in [1.82, 2.24) is 20.2 Å². The molecule has 0 saturated heterocycles. The maximum Gasteiger partial charge on any atom is 0.181 e. The molecule has 26 heavy (non-hydrogen) atoms. The van der Waals surface area contributed by atoms with Gasteiger partial charge in [-0.3, -0.25) is 10.1 Å². The van der Waals surface area contributed by atoms with Crippen LogP contribution < -0.4 is 0 Å². The van der Waals surface area contributed by atoms with E-state index in [2.05, 4.69) is 21.2 Å². The molecule has 0 aliphatic carbocycles. The van der Waals surface area contributed by atoms with Gasteiger partial charge < -0.3 is 0 Å². The Balaban J connectivity index is 1.79. The van der Waals surface area contributed by atoms with Crippen LogP contribution in [0.5, 0.6) is 0 Å². The molecule has 128 valence electrons. The summed E-state index contributed by atoms with van der Waals surface area (Å²) in [4.78, 5) is 9.35. The Morgan fingerprint density at radius 2 is 1.69 bits per heavy atom. The largest absolute Gasteiger partial charge is 0.262 e. The number of nitrogens with one attached hydrogen (secondary N) is 1. The molecule has 0 amide bonds. The topological polar surface area (TPSA) is 54.5 Å². The molecule has 2 aromatic carbocycles. The molecule has 0 bridgehead atoms. The summed E-state index contributed by atoms with van der Waals surface area (Å²) in [5.74, 6) is 1.28. The fourth-order valence-corrected chi connectivity index (χ4v) is 3.02. The monoisotopic (exact) mass is 360 g/mol. The van der Waals surface area contributed by atoms with E-state index in [0.717, 1.165) is 28.2 Å². The first-order valence-electron chi connectivity index (χ1n) is 8.36. The van der Waals surface area contributed by atoms with Crippen LogP contribution in [0.3, 0.4) is 0 Å². The molecular formula is C21H17ClN4. The standard InChI is InChI=1S/C21H17ClN4/c1-14-7-12-18(23-13-14)19(15-8-10-17(22)11-9-15)21-24-20(25-26-21)16-5-3-2-4-6-16/h2-13,19H,1H3,(H,24,25,26). The van der Waals surface area contributed by atoms with Gasteiger partial charge in [0.2, 0.25) is 0 Å². The average Bonchev–Trinajstić information content (AvgIpc) is 3.15. The molecule has 2 aromatic heterocycles. The predicted octanol–water partition coefficient (Wildman–Crippen LogP) is 5.01. The molecule has 0 spiro atoms. The summed E-state index contributed by atoms with van der Waals surface area (Å²) >= 11 is 6.06. The van der Waals surface area contributed by atoms with Crippen LogP contribution in [0.15, 0.2) is 72.9 Å². The number of hydrogen-bond donors (Lipinski definition) is 1. The third-order valence-corrected chi connectivity index (χ3v) is 4.49. The number of aromatic amines is 1. The van der Waals surface area contributed by atoms with Gasteiger partial charge in [-0.05, 0) is 36.2 Å². The third-order valence-electron chi connectivity index (χ3n) is 4.24. The first-order valence-corrected chi connectivity index (χ1v) is 8.74. The Morgan fingerprint density at radius 1 is 0.923 bits per heavy atom. The Morgan fingerprint density at radius 3 is 2.38 bits per heavy atom. The molecular weight excluding hydrogens is 344 g/mol. The van der Waals surface area contributed by atoms with Gasteiger partial charge in [-0.2, -0.15) is 5.10 Å². The predicted molar refractivity (Wildman–Crippen MR) is 103 cm³/mol. The van der Waals surface area contributed by atoms with Gasteiger partial charge in [0.25, 0.3) is 0 Å². The van der Waals surface area contributed by atoms with Gasteiger partial charge in [-0.1, -0.05) is 60.1 Å². The molecule has 0 aliphatic heterocycles. The molecule has 4 nitrogen and oxygen atoms in total. The number of aryl methyl sites for hydroxylation is 1. The first kappa shape index (κ1) is 16.5. The van der Waals surface area contributed by atoms with Gasteiger partial charge >= 0.3 is 0 Å². The lowest BCUT2D eigenvalue weighted by Gasteiger charge is -2.14. The quantitative estimate of drug-likeness (QED) is 0.556. The molecule has 5 heteroatoms. The second kappa shape index (κ2) is 7.10. The van der Waals surface area contributed by atoms with E-state index in [-0.39, 0.29) is 5.92 Å². The fourth-order valence-electron chi connectivity index (χ4n) is 2.89. The van der Waals surface area contributed by atoms with Crippen molar-refractivity contribution in [3.05, 3.63) is 101 Å². The van der Waals surface area contributed by atoms with E-state index in [4.69, 9.17) is 16.6 Å². The SMILES string of the molecule is Cc1ccc(C(c2ccc(Cl)cc2)c2nc(-c3ccccc3)n[nH]2)nc1. The third kappa shape index (κ3) is 3.37. The minimum absolute atomic E-state index is 0.141. The fraction of sp³-hybridized carbons (Fsp3) is 0.0952. The molecule has 1 N–H and O–H groups in total. The number of H-pyrrole nitrogens is 1. The summed E-state index contributed by atoms with van der Waals surface area (Å²) in [5, 5.41) is 8.20. The Hall–Kier alpha value is -2.98. The van der Waals surface area contributed by atoms with Crippen molar-refractivity contribution >= 4 is 11.6 Å². The van der Waals surface area contributed by atoms with Crippen LogP contribution in [0, 0.1) is 6.92 Å². The highest BCUT2D eigenvalue weighted by atomic mass is 35.5. The number of halogens is 1. The Bertz CT molecular complexity index is 947. The second-order valence-electron chi connectivity index (χ2n) is 6.16. The van der Waals surface area contributed by atoms with Crippen molar-refractivity contribution in [2.45, 2.75) is 12.8 Å². The zero-order valence-electron chi connectivity index (χ0n) is 14.2. The van der Waals surface area contributed by atoms with Gasteiger partial charge in [-0.15, -0.1) is 0 Å². The van der Waals surface area contributed by atoms with Gasteiger partial charge in [-0.25, -0.2) is 4.98 Å². The molecule has 4 aromatic rings. The van der Waals surface area contributed by atoms with Crippen LogP contribution in [0.4, 0.5) is 0 Å². The summed E-state index contributed by atoms with van der Waals surface area (Å²) in [6, 6.07) is 21.8. The van der Waals surface area contributed by atoms with Crippen LogP contribution in [0.2, 0.25) is 5.02 Å². The average molecular weight is 361 g/mol. The van der Waals surface area contributed by atoms with Crippen molar-refractivity contribution in [3.63, 3.8) is 0 Å². The van der Waals surface area contributed by atoms with Gasteiger partial charge in [0.05, 0.1) is 11.6 Å². The zero-order valence-corrected chi connectivity index (χ0v) is 15.0. The smallest absolute Gasteiger partial charge is 0.181 e. The lowest BCUT2D eigenvalue weighted by atomic mass is 9.94. The number of hydrogen-bond acceptors (Lipinski definition) is 3. The Labute approximate surface area is 156 Å². The van der Waals surface area contributed by atoms with Gasteiger partial charge in [0.1, 0.15) is 5.82 Å². The van der Waals surface area contributed by atoms with Crippen molar-refractivity contribution in [2.75, 3.05) is 0 Å². The first-order chi connectivity index (χ1) is 12.7. The van der Waals surface area contributed by atoms with Crippen LogP contribution in [-0.4, -0.2) is 20.2 Å². The van der Waals surface area contributed by atoms with E-state index in [9.17, 15) is 0 Å². The molecule has 0 aliphatic rings. The highest BCUT2D eigenvalue weighted by Gasteiger charge is 2.22. The minimum Gasteiger partial charge on any atom is -0.262 e. The number of pyridine rings is 1. The van der Waals surface area contributed by atoms with E-state index in [1.54, 1.807) is 0 Å². The van der Waals surface area contributed by atoms with Crippen molar-refractivity contribution in [3.8, 4) is 11.4 Å². The number of aromatic nitrogens is 4. The number of benzene rings is 2. The van der Waals surface area contributed by atoms with Crippen molar-refractivity contribution in [1.29, 1.82) is 0 Å². The van der Waals surface area contributed by atoms with E-state index >= 15 is 0 Å². The molecule has 2 heterocycles. The van der Waals surface area contributed by atoms with Gasteiger partial charge in [0.15, 0.2) is 5.82 Å². The summed E-state index contributed by atoms with van der Waals surface area (Å²) in [6.07, 6.45) is 1.87. The maximum absolute atomic E-state index is 6.06. The zero-order chi connectivity index (χ0) is 17.9. The highest BCUT2D eigenvalue weighted by Crippen LogP contribution is 2.30. The molecule has 0 fully saturated rings. The molecule has 0 radical (unpaired) electrons. The molecule has 1 unspecified atom stereocenters. The Kier molecular flexibility index (Phi) is 4.50.